The van der Waals surface area contributed by atoms with Crippen LogP contribution in [0.5, 0.6) is 5.75 Å². The Bertz CT molecular complexity index is 1030. The molecule has 1 atom stereocenters. The molecule has 3 aromatic carbocycles. The van der Waals surface area contributed by atoms with Gasteiger partial charge >= 0.3 is 0 Å². The van der Waals surface area contributed by atoms with Crippen molar-refractivity contribution in [2.24, 2.45) is 5.10 Å². The topological polar surface area (TPSA) is 74.5 Å². The van der Waals surface area contributed by atoms with Crippen LogP contribution in [0.1, 0.15) is 29.5 Å². The van der Waals surface area contributed by atoms with Gasteiger partial charge in [0.15, 0.2) is 0 Å². The summed E-state index contributed by atoms with van der Waals surface area (Å²) in [4.78, 5) is 12.4. The van der Waals surface area contributed by atoms with Crippen LogP contribution in [0.4, 0.5) is 0 Å². The Morgan fingerprint density at radius 1 is 1.11 bits per heavy atom. The molecular weight excluding hydrogens is 338 g/mol. The van der Waals surface area contributed by atoms with Crippen molar-refractivity contribution in [3.05, 3.63) is 77.4 Å². The third-order valence-electron chi connectivity index (χ3n) is 4.39. The Balaban J connectivity index is 1.68. The number of carbonyl (C=O) groups excluding carboxylic acids is 1. The van der Waals surface area contributed by atoms with E-state index >= 15 is 0 Å². The van der Waals surface area contributed by atoms with Gasteiger partial charge in [0.2, 0.25) is 5.91 Å². The van der Waals surface area contributed by atoms with E-state index in [1.165, 1.54) is 0 Å². The van der Waals surface area contributed by atoms with Gasteiger partial charge in [-0.3, -0.25) is 4.79 Å². The van der Waals surface area contributed by atoms with Crippen LogP contribution >= 0.6 is 0 Å². The van der Waals surface area contributed by atoms with Gasteiger partial charge in [-0.1, -0.05) is 36.4 Å². The van der Waals surface area contributed by atoms with E-state index in [-0.39, 0.29) is 11.8 Å². The monoisotopic (exact) mass is 357 g/mol. The lowest BCUT2D eigenvalue weighted by atomic mass is 9.97. The highest BCUT2D eigenvalue weighted by Gasteiger charge is 2.15. The molecule has 0 aliphatic heterocycles. The van der Waals surface area contributed by atoms with Crippen molar-refractivity contribution in [1.29, 1.82) is 5.26 Å². The second kappa shape index (κ2) is 8.15. The van der Waals surface area contributed by atoms with Crippen LogP contribution in [0.25, 0.3) is 10.8 Å². The first-order chi connectivity index (χ1) is 13.1. The molecule has 27 heavy (non-hydrogen) atoms. The van der Waals surface area contributed by atoms with Crippen molar-refractivity contribution < 1.29 is 9.53 Å². The Labute approximate surface area is 157 Å². The number of amides is 1. The van der Waals surface area contributed by atoms with Crippen molar-refractivity contribution >= 4 is 22.9 Å². The summed E-state index contributed by atoms with van der Waals surface area (Å²) in [6.07, 6.45) is 1.55. The molecule has 134 valence electrons. The van der Waals surface area contributed by atoms with Gasteiger partial charge < -0.3 is 4.74 Å². The van der Waals surface area contributed by atoms with E-state index in [1.54, 1.807) is 37.6 Å². The maximum atomic E-state index is 12.4. The number of hydrogen-bond acceptors (Lipinski definition) is 4. The van der Waals surface area contributed by atoms with Crippen molar-refractivity contribution in [1.82, 2.24) is 5.43 Å². The maximum Gasteiger partial charge on any atom is 0.247 e. The number of nitriles is 1. The molecule has 1 amide bonds. The molecule has 0 heterocycles. The molecule has 0 aromatic heterocycles. The summed E-state index contributed by atoms with van der Waals surface area (Å²) in [5.74, 6) is 0.278. The maximum absolute atomic E-state index is 12.4. The fourth-order valence-electron chi connectivity index (χ4n) is 2.70. The highest BCUT2D eigenvalue weighted by atomic mass is 16.5. The van der Waals surface area contributed by atoms with E-state index in [9.17, 15) is 4.79 Å². The minimum Gasteiger partial charge on any atom is -0.497 e. The summed E-state index contributed by atoms with van der Waals surface area (Å²) in [6.45, 7) is 1.84. The Hall–Kier alpha value is -3.65. The first-order valence-electron chi connectivity index (χ1n) is 8.51. The normalized spacial score (nSPS) is 11.9. The lowest BCUT2D eigenvalue weighted by molar-refractivity contribution is -0.122. The molecule has 0 aliphatic rings. The molecule has 0 aliphatic carbocycles. The average Bonchev–Trinajstić information content (AvgIpc) is 2.72. The zero-order chi connectivity index (χ0) is 19.2. The summed E-state index contributed by atoms with van der Waals surface area (Å²) in [5.41, 5.74) is 4.87. The number of fused-ring (bicyclic) bond motifs is 1. The van der Waals surface area contributed by atoms with Gasteiger partial charge in [0.1, 0.15) is 5.75 Å². The summed E-state index contributed by atoms with van der Waals surface area (Å²) in [6, 6.07) is 20.8. The Morgan fingerprint density at radius 2 is 1.81 bits per heavy atom. The fraction of sp³-hybridized carbons (Fsp3) is 0.136. The number of rotatable bonds is 5. The lowest BCUT2D eigenvalue weighted by Gasteiger charge is -2.11. The van der Waals surface area contributed by atoms with Crippen LogP contribution in [0.2, 0.25) is 0 Å². The lowest BCUT2D eigenvalue weighted by Crippen LogP contribution is -2.23. The number of hydrazone groups is 1. The number of carbonyl (C=O) groups is 1. The number of methoxy groups -OCH3 is 1. The van der Waals surface area contributed by atoms with E-state index in [0.717, 1.165) is 27.6 Å². The van der Waals surface area contributed by atoms with E-state index in [1.807, 2.05) is 43.3 Å². The van der Waals surface area contributed by atoms with E-state index < -0.39 is 0 Å². The first-order valence-corrected chi connectivity index (χ1v) is 8.51. The molecular formula is C22H19N3O2. The van der Waals surface area contributed by atoms with Crippen molar-refractivity contribution in [3.63, 3.8) is 0 Å². The molecule has 5 nitrogen and oxygen atoms in total. The van der Waals surface area contributed by atoms with Crippen LogP contribution in [0.3, 0.4) is 0 Å². The standard InChI is InChI=1S/C22H19N3O2/c1-15(18-7-8-20-12-21(27-2)10-9-19(20)11-18)22(26)25-24-14-17-5-3-16(13-23)4-6-17/h3-12,14-15H,1-2H3,(H,25,26)/b24-14+/t15-/m0/s1. The molecule has 0 spiro atoms. The van der Waals surface area contributed by atoms with Gasteiger partial charge in [0, 0.05) is 0 Å². The van der Waals surface area contributed by atoms with Gasteiger partial charge in [-0.15, -0.1) is 0 Å². The van der Waals surface area contributed by atoms with Crippen LogP contribution < -0.4 is 10.2 Å². The van der Waals surface area contributed by atoms with Crippen molar-refractivity contribution in [2.45, 2.75) is 12.8 Å². The summed E-state index contributed by atoms with van der Waals surface area (Å²) < 4.78 is 5.24. The van der Waals surface area contributed by atoms with E-state index in [2.05, 4.69) is 16.6 Å². The van der Waals surface area contributed by atoms with Crippen LogP contribution in [0.15, 0.2) is 65.8 Å². The molecule has 3 rings (SSSR count). The first kappa shape index (κ1) is 18.2. The largest absolute Gasteiger partial charge is 0.497 e. The number of nitrogens with zero attached hydrogens (tertiary/aromatic N) is 2. The molecule has 0 saturated carbocycles. The molecule has 0 unspecified atom stereocenters. The summed E-state index contributed by atoms with van der Waals surface area (Å²) >= 11 is 0. The fourth-order valence-corrected chi connectivity index (χ4v) is 2.70. The quantitative estimate of drug-likeness (QED) is 0.554. The zero-order valence-corrected chi connectivity index (χ0v) is 15.1. The Kier molecular flexibility index (Phi) is 5.48. The second-order valence-corrected chi connectivity index (χ2v) is 6.16. The number of benzene rings is 3. The predicted molar refractivity (Wildman–Crippen MR) is 106 cm³/mol. The third kappa shape index (κ3) is 4.31. The second-order valence-electron chi connectivity index (χ2n) is 6.16. The summed E-state index contributed by atoms with van der Waals surface area (Å²) in [5, 5.41) is 14.9. The van der Waals surface area contributed by atoms with E-state index in [0.29, 0.717) is 5.56 Å². The van der Waals surface area contributed by atoms with E-state index in [4.69, 9.17) is 10.00 Å². The Morgan fingerprint density at radius 3 is 2.52 bits per heavy atom. The summed E-state index contributed by atoms with van der Waals surface area (Å²) in [7, 11) is 1.64. The SMILES string of the molecule is COc1ccc2cc([C@H](C)C(=O)N/N=C/c3ccc(C#N)cc3)ccc2c1. The zero-order valence-electron chi connectivity index (χ0n) is 15.1. The smallest absolute Gasteiger partial charge is 0.247 e. The molecule has 0 radical (unpaired) electrons. The van der Waals surface area contributed by atoms with Crippen molar-refractivity contribution in [2.75, 3.05) is 7.11 Å². The highest BCUT2D eigenvalue weighted by molar-refractivity contribution is 5.89. The predicted octanol–water partition coefficient (Wildman–Crippen LogP) is 3.97. The van der Waals surface area contributed by atoms with Gasteiger partial charge in [-0.25, -0.2) is 5.43 Å². The minimum atomic E-state index is -0.338. The van der Waals surface area contributed by atoms with Crippen molar-refractivity contribution in [3.8, 4) is 11.8 Å². The number of nitrogens with one attached hydrogen (secondary N) is 1. The van der Waals surface area contributed by atoms with Gasteiger partial charge in [0.05, 0.1) is 30.9 Å². The van der Waals surface area contributed by atoms with Gasteiger partial charge in [-0.2, -0.15) is 10.4 Å². The highest BCUT2D eigenvalue weighted by Crippen LogP contribution is 2.25. The molecule has 0 bridgehead atoms. The van der Waals surface area contributed by atoms with Crippen LogP contribution in [-0.4, -0.2) is 19.2 Å². The molecule has 0 saturated heterocycles. The van der Waals surface area contributed by atoms with Gasteiger partial charge in [-0.05, 0) is 53.1 Å². The van der Waals surface area contributed by atoms with Gasteiger partial charge in [0.25, 0.3) is 0 Å². The molecule has 3 aromatic rings. The number of hydrogen-bond donors (Lipinski definition) is 1. The van der Waals surface area contributed by atoms with Crippen LogP contribution in [-0.2, 0) is 4.79 Å². The third-order valence-corrected chi connectivity index (χ3v) is 4.39. The molecule has 5 heteroatoms. The average molecular weight is 357 g/mol. The number of ether oxygens (including phenoxy) is 1. The molecule has 0 fully saturated rings. The van der Waals surface area contributed by atoms with Crippen LogP contribution in [0, 0.1) is 11.3 Å². The molecule has 1 N–H and O–H groups in total. The minimum absolute atomic E-state index is 0.187.